The predicted molar refractivity (Wildman–Crippen MR) is 84.5 cm³/mol. The molecule has 1 aromatic heterocycles. The number of aromatic nitrogens is 1. The molecular formula is C16H17N3O4. The standard InChI is InChI=1S/C16H17N3O4/c20-11-12-1-2-15(19(21)22)16(9-12)18-8-5-14(10-18)23-13-3-6-17-7-4-13/h1-4,6-7,9,14,20H,5,8,10-11H2. The highest BCUT2D eigenvalue weighted by Gasteiger charge is 2.29. The first-order valence-corrected chi connectivity index (χ1v) is 7.37. The molecule has 1 aliphatic heterocycles. The van der Waals surface area contributed by atoms with Crippen molar-refractivity contribution in [3.8, 4) is 5.75 Å². The lowest BCUT2D eigenvalue weighted by molar-refractivity contribution is -0.384. The highest BCUT2D eigenvalue weighted by Crippen LogP contribution is 2.32. The molecule has 1 aliphatic rings. The Hall–Kier alpha value is -2.67. The van der Waals surface area contributed by atoms with Gasteiger partial charge in [-0.25, -0.2) is 0 Å². The van der Waals surface area contributed by atoms with E-state index < -0.39 is 4.92 Å². The Morgan fingerprint density at radius 1 is 1.35 bits per heavy atom. The summed E-state index contributed by atoms with van der Waals surface area (Å²) < 4.78 is 5.88. The van der Waals surface area contributed by atoms with Crippen molar-refractivity contribution in [3.05, 3.63) is 58.4 Å². The van der Waals surface area contributed by atoms with E-state index >= 15 is 0 Å². The summed E-state index contributed by atoms with van der Waals surface area (Å²) in [4.78, 5) is 16.7. The van der Waals surface area contributed by atoms with Gasteiger partial charge in [-0.05, 0) is 29.8 Å². The number of benzene rings is 1. The Morgan fingerprint density at radius 3 is 2.83 bits per heavy atom. The zero-order valence-corrected chi connectivity index (χ0v) is 12.5. The Balaban J connectivity index is 1.77. The highest BCUT2D eigenvalue weighted by atomic mass is 16.6. The summed E-state index contributed by atoms with van der Waals surface area (Å²) in [6.07, 6.45) is 4.08. The lowest BCUT2D eigenvalue weighted by Crippen LogP contribution is -2.25. The molecule has 0 radical (unpaired) electrons. The van der Waals surface area contributed by atoms with E-state index in [0.717, 1.165) is 12.2 Å². The molecule has 0 saturated carbocycles. The number of hydrogen-bond donors (Lipinski definition) is 1. The quantitative estimate of drug-likeness (QED) is 0.672. The first kappa shape index (κ1) is 15.2. The molecule has 1 N–H and O–H groups in total. The Labute approximate surface area is 133 Å². The minimum atomic E-state index is -0.395. The number of pyridine rings is 1. The molecule has 7 nitrogen and oxygen atoms in total. The maximum Gasteiger partial charge on any atom is 0.292 e. The molecule has 0 spiro atoms. The van der Waals surface area contributed by atoms with Gasteiger partial charge < -0.3 is 14.7 Å². The summed E-state index contributed by atoms with van der Waals surface area (Å²) >= 11 is 0. The van der Waals surface area contributed by atoms with Gasteiger partial charge in [0.15, 0.2) is 0 Å². The van der Waals surface area contributed by atoms with Crippen LogP contribution in [-0.4, -0.2) is 34.2 Å². The van der Waals surface area contributed by atoms with Gasteiger partial charge in [0, 0.05) is 31.4 Å². The van der Waals surface area contributed by atoms with Gasteiger partial charge in [0.2, 0.25) is 0 Å². The van der Waals surface area contributed by atoms with Gasteiger partial charge in [-0.2, -0.15) is 0 Å². The summed E-state index contributed by atoms with van der Waals surface area (Å²) in [7, 11) is 0. The van der Waals surface area contributed by atoms with Crippen molar-refractivity contribution in [2.24, 2.45) is 0 Å². The van der Waals surface area contributed by atoms with Crippen LogP contribution in [0.4, 0.5) is 11.4 Å². The topological polar surface area (TPSA) is 88.7 Å². The number of anilines is 1. The number of ether oxygens (including phenoxy) is 1. The van der Waals surface area contributed by atoms with Crippen LogP contribution < -0.4 is 9.64 Å². The van der Waals surface area contributed by atoms with Gasteiger partial charge in [0.1, 0.15) is 17.5 Å². The fourth-order valence-corrected chi connectivity index (χ4v) is 2.73. The molecular weight excluding hydrogens is 298 g/mol. The average Bonchev–Trinajstić information content (AvgIpc) is 3.03. The van der Waals surface area contributed by atoms with Gasteiger partial charge in [-0.1, -0.05) is 0 Å². The number of hydrogen-bond acceptors (Lipinski definition) is 6. The van der Waals surface area contributed by atoms with Crippen molar-refractivity contribution in [2.45, 2.75) is 19.1 Å². The van der Waals surface area contributed by atoms with Crippen LogP contribution in [-0.2, 0) is 6.61 Å². The summed E-state index contributed by atoms with van der Waals surface area (Å²) in [5, 5.41) is 20.5. The Bertz CT molecular complexity index is 693. The number of nitro groups is 1. The zero-order chi connectivity index (χ0) is 16.2. The molecule has 0 aliphatic carbocycles. The number of nitrogens with zero attached hydrogens (tertiary/aromatic N) is 3. The third-order valence-corrected chi connectivity index (χ3v) is 3.86. The van der Waals surface area contributed by atoms with E-state index in [2.05, 4.69) is 4.98 Å². The van der Waals surface area contributed by atoms with Crippen LogP contribution in [0.25, 0.3) is 0 Å². The van der Waals surface area contributed by atoms with E-state index in [1.807, 2.05) is 4.90 Å². The Morgan fingerprint density at radius 2 is 2.13 bits per heavy atom. The van der Waals surface area contributed by atoms with Gasteiger partial charge >= 0.3 is 0 Å². The SMILES string of the molecule is O=[N+]([O-])c1ccc(CO)cc1N1CCC(Oc2ccncc2)C1. The van der Waals surface area contributed by atoms with Crippen LogP contribution in [0.5, 0.6) is 5.75 Å². The van der Waals surface area contributed by atoms with Crippen LogP contribution >= 0.6 is 0 Å². The third-order valence-electron chi connectivity index (χ3n) is 3.86. The van der Waals surface area contributed by atoms with Crippen molar-refractivity contribution in [1.82, 2.24) is 4.98 Å². The highest BCUT2D eigenvalue weighted by molar-refractivity contribution is 5.65. The molecule has 0 amide bonds. The Kier molecular flexibility index (Phi) is 4.38. The van der Waals surface area contributed by atoms with Gasteiger partial charge in [-0.3, -0.25) is 15.1 Å². The van der Waals surface area contributed by atoms with Crippen molar-refractivity contribution >= 4 is 11.4 Å². The molecule has 0 bridgehead atoms. The van der Waals surface area contributed by atoms with E-state index in [-0.39, 0.29) is 18.4 Å². The average molecular weight is 315 g/mol. The fraction of sp³-hybridized carbons (Fsp3) is 0.312. The maximum atomic E-state index is 11.2. The molecule has 1 atom stereocenters. The van der Waals surface area contributed by atoms with Crippen molar-refractivity contribution in [2.75, 3.05) is 18.0 Å². The van der Waals surface area contributed by atoms with Crippen LogP contribution in [0.15, 0.2) is 42.7 Å². The second kappa shape index (κ2) is 6.62. The van der Waals surface area contributed by atoms with Crippen LogP contribution in [0.1, 0.15) is 12.0 Å². The van der Waals surface area contributed by atoms with E-state index in [1.165, 1.54) is 6.07 Å². The molecule has 1 unspecified atom stereocenters. The van der Waals surface area contributed by atoms with Crippen molar-refractivity contribution in [3.63, 3.8) is 0 Å². The van der Waals surface area contributed by atoms with E-state index in [0.29, 0.717) is 24.3 Å². The molecule has 23 heavy (non-hydrogen) atoms. The van der Waals surface area contributed by atoms with Gasteiger partial charge in [0.05, 0.1) is 18.1 Å². The number of nitro benzene ring substituents is 1. The number of aliphatic hydroxyl groups is 1. The molecule has 1 saturated heterocycles. The monoisotopic (exact) mass is 315 g/mol. The lowest BCUT2D eigenvalue weighted by Gasteiger charge is -2.19. The molecule has 1 aromatic carbocycles. The van der Waals surface area contributed by atoms with Crippen LogP contribution in [0, 0.1) is 10.1 Å². The summed E-state index contributed by atoms with van der Waals surface area (Å²) in [5.74, 6) is 0.741. The first-order valence-electron chi connectivity index (χ1n) is 7.37. The molecule has 7 heteroatoms. The normalized spacial score (nSPS) is 17.3. The third kappa shape index (κ3) is 3.40. The van der Waals surface area contributed by atoms with E-state index in [1.54, 1.807) is 36.7 Å². The van der Waals surface area contributed by atoms with E-state index in [9.17, 15) is 15.2 Å². The molecule has 3 rings (SSSR count). The smallest absolute Gasteiger partial charge is 0.292 e. The summed E-state index contributed by atoms with van der Waals surface area (Å²) in [6, 6.07) is 8.27. The lowest BCUT2D eigenvalue weighted by atomic mass is 10.1. The molecule has 2 heterocycles. The number of rotatable bonds is 5. The van der Waals surface area contributed by atoms with E-state index in [4.69, 9.17) is 4.74 Å². The summed E-state index contributed by atoms with van der Waals surface area (Å²) in [5.41, 5.74) is 1.23. The van der Waals surface area contributed by atoms with Crippen LogP contribution in [0.2, 0.25) is 0 Å². The molecule has 120 valence electrons. The zero-order valence-electron chi connectivity index (χ0n) is 12.5. The predicted octanol–water partition coefficient (Wildman–Crippen LogP) is 2.14. The molecule has 2 aromatic rings. The number of aliphatic hydroxyl groups excluding tert-OH is 1. The molecule has 1 fully saturated rings. The van der Waals surface area contributed by atoms with Gasteiger partial charge in [-0.15, -0.1) is 0 Å². The second-order valence-corrected chi connectivity index (χ2v) is 5.40. The largest absolute Gasteiger partial charge is 0.488 e. The minimum absolute atomic E-state index is 0.0326. The van der Waals surface area contributed by atoms with Crippen LogP contribution in [0.3, 0.4) is 0 Å². The van der Waals surface area contributed by atoms with Crippen molar-refractivity contribution < 1.29 is 14.8 Å². The summed E-state index contributed by atoms with van der Waals surface area (Å²) in [6.45, 7) is 1.10. The van der Waals surface area contributed by atoms with Gasteiger partial charge in [0.25, 0.3) is 5.69 Å². The van der Waals surface area contributed by atoms with Crippen molar-refractivity contribution in [1.29, 1.82) is 0 Å². The maximum absolute atomic E-state index is 11.2. The minimum Gasteiger partial charge on any atom is -0.488 e. The second-order valence-electron chi connectivity index (χ2n) is 5.40. The fourth-order valence-electron chi connectivity index (χ4n) is 2.73. The first-order chi connectivity index (χ1) is 11.2.